The molecule has 1 heterocycles. The summed E-state index contributed by atoms with van der Waals surface area (Å²) in [6.45, 7) is 9.88. The van der Waals surface area contributed by atoms with E-state index in [9.17, 15) is 9.46 Å². The summed E-state index contributed by atoms with van der Waals surface area (Å²) >= 11 is 0. The van der Waals surface area contributed by atoms with E-state index in [0.717, 1.165) is 77.2 Å². The van der Waals surface area contributed by atoms with Gasteiger partial charge in [-0.3, -0.25) is 9.42 Å². The Balaban J connectivity index is 1.64. The lowest BCUT2D eigenvalue weighted by Gasteiger charge is -2.39. The third kappa shape index (κ3) is 4.91. The quantitative estimate of drug-likeness (QED) is 0.195. The Kier molecular flexibility index (Phi) is 7.67. The number of phosphoric ester groups is 1. The number of fused-ring (bicyclic) bond motifs is 6. The molecule has 0 bridgehead atoms. The smallest absolute Gasteiger partial charge is 0.480 e. The molecule has 1 N–H and O–H groups in total. The van der Waals surface area contributed by atoms with Crippen LogP contribution in [0.2, 0.25) is 0 Å². The van der Waals surface area contributed by atoms with Gasteiger partial charge < -0.3 is 13.6 Å². The predicted octanol–water partition coefficient (Wildman–Crippen LogP) is 8.12. The lowest BCUT2D eigenvalue weighted by Crippen LogP contribution is -2.47. The molecule has 5 unspecified atom stereocenters. The van der Waals surface area contributed by atoms with Crippen LogP contribution >= 0.6 is 26.8 Å². The largest absolute Gasteiger partial charge is 0.528 e. The molecule has 0 amide bonds. The summed E-state index contributed by atoms with van der Waals surface area (Å²) in [6, 6.07) is 26.4. The van der Waals surface area contributed by atoms with E-state index in [1.54, 1.807) is 0 Å². The second-order valence-corrected chi connectivity index (χ2v) is 14.1. The van der Waals surface area contributed by atoms with Crippen molar-refractivity contribution < 1.29 is 27.6 Å². The van der Waals surface area contributed by atoms with Crippen molar-refractivity contribution >= 4 is 49.2 Å². The highest BCUT2D eigenvalue weighted by Gasteiger charge is 2.51. The van der Waals surface area contributed by atoms with Gasteiger partial charge in [-0.15, -0.1) is 0 Å². The first-order valence-electron chi connectivity index (χ1n) is 15.0. The number of rotatable bonds is 4. The number of phosphoric acid groups is 1. The number of aryl methyl sites for hydroxylation is 4. The van der Waals surface area contributed by atoms with Gasteiger partial charge in [0.15, 0.2) is 0 Å². The van der Waals surface area contributed by atoms with E-state index in [0.29, 0.717) is 11.3 Å². The topological polar surface area (TPSA) is 74.2 Å². The molecule has 0 radical (unpaired) electrons. The van der Waals surface area contributed by atoms with Crippen LogP contribution < -0.4 is 24.0 Å². The van der Waals surface area contributed by atoms with Crippen molar-refractivity contribution in [1.29, 1.82) is 0 Å². The van der Waals surface area contributed by atoms with Gasteiger partial charge in [-0.2, -0.15) is 0 Å². The number of hydrogen-bond acceptors (Lipinski definition) is 5. The summed E-state index contributed by atoms with van der Waals surface area (Å²) in [5.41, 5.74) is 6.51. The van der Waals surface area contributed by atoms with Gasteiger partial charge in [0.2, 0.25) is 0 Å². The summed E-state index contributed by atoms with van der Waals surface area (Å²) in [7, 11) is -0.0453. The van der Waals surface area contributed by atoms with Crippen LogP contribution in [0, 0.1) is 27.7 Å². The maximum Gasteiger partial charge on any atom is 0.528 e. The van der Waals surface area contributed by atoms with E-state index in [1.165, 1.54) is 0 Å². The van der Waals surface area contributed by atoms with Crippen molar-refractivity contribution in [2.45, 2.75) is 46.1 Å². The molecule has 5 atom stereocenters. The van der Waals surface area contributed by atoms with Crippen molar-refractivity contribution in [1.82, 2.24) is 0 Å². The number of hydrogen-bond donors (Lipinski definition) is 1. The molecule has 1 aliphatic carbocycles. The van der Waals surface area contributed by atoms with E-state index >= 15 is 0 Å². The van der Waals surface area contributed by atoms with E-state index in [4.69, 9.17) is 18.1 Å². The van der Waals surface area contributed by atoms with Crippen LogP contribution in [-0.2, 0) is 9.09 Å². The molecule has 5 aromatic rings. The van der Waals surface area contributed by atoms with Crippen LogP contribution in [0.15, 0.2) is 78.9 Å². The van der Waals surface area contributed by atoms with Gasteiger partial charge in [0.05, 0.1) is 18.9 Å². The average Bonchev–Trinajstić information content (AvgIpc) is 3.10. The fourth-order valence-electron chi connectivity index (χ4n) is 7.43. The first-order chi connectivity index (χ1) is 22.0. The van der Waals surface area contributed by atoms with Crippen LogP contribution in [-0.4, -0.2) is 10.5 Å². The molecule has 5 aromatic carbocycles. The average molecular weight is 669 g/mol. The first kappa shape index (κ1) is 31.1. The maximum absolute atomic E-state index is 14.2. The van der Waals surface area contributed by atoms with Crippen molar-refractivity contribution in [3.05, 3.63) is 123 Å². The summed E-state index contributed by atoms with van der Waals surface area (Å²) in [5, 5.41) is 3.81. The molecule has 234 valence electrons. The van der Waals surface area contributed by atoms with Crippen LogP contribution in [0.5, 0.6) is 17.2 Å². The molecular weight excluding hydrogens is 633 g/mol. The maximum atomic E-state index is 14.2. The Labute approximate surface area is 273 Å². The highest BCUT2D eigenvalue weighted by Crippen LogP contribution is 2.62. The molecule has 1 aliphatic heterocycles. The predicted molar refractivity (Wildman–Crippen MR) is 191 cm³/mol. The Hall–Kier alpha value is -3.49. The zero-order valence-corrected chi connectivity index (χ0v) is 29.5. The monoisotopic (exact) mass is 668 g/mol. The van der Waals surface area contributed by atoms with Crippen LogP contribution in [0.3, 0.4) is 0 Å². The molecule has 9 heteroatoms. The van der Waals surface area contributed by atoms with E-state index in [1.807, 2.05) is 83.1 Å². The summed E-state index contributed by atoms with van der Waals surface area (Å²) in [5.74, 6) is 1.43. The molecule has 46 heavy (non-hydrogen) atoms. The number of benzene rings is 5. The van der Waals surface area contributed by atoms with Gasteiger partial charge >= 0.3 is 7.82 Å². The van der Waals surface area contributed by atoms with Crippen LogP contribution in [0.4, 0.5) is 0 Å². The van der Waals surface area contributed by atoms with Gasteiger partial charge in [0.1, 0.15) is 22.8 Å². The molecule has 7 rings (SSSR count). The summed E-state index contributed by atoms with van der Waals surface area (Å²) in [6.07, 6.45) is 2.14. The minimum absolute atomic E-state index is 0.316. The lowest BCUT2D eigenvalue weighted by atomic mass is 9.70. The molecule has 0 saturated carbocycles. The Morgan fingerprint density at radius 2 is 1.41 bits per heavy atom. The Morgan fingerprint density at radius 3 is 2.07 bits per heavy atom. The molecule has 0 aromatic heterocycles. The third-order valence-electron chi connectivity index (χ3n) is 9.28. The van der Waals surface area contributed by atoms with Crippen molar-refractivity contribution in [3.8, 4) is 28.4 Å². The molecule has 6 nitrogen and oxygen atoms in total. The lowest BCUT2D eigenvalue weighted by molar-refractivity contribution is 0.0955. The normalized spacial score (nSPS) is 21.7. The highest BCUT2D eigenvalue weighted by molar-refractivity contribution is 7.48. The van der Waals surface area contributed by atoms with Gasteiger partial charge in [0, 0.05) is 22.6 Å². The van der Waals surface area contributed by atoms with E-state index in [2.05, 4.69) is 55.3 Å². The van der Waals surface area contributed by atoms with E-state index < -0.39 is 19.3 Å². The van der Waals surface area contributed by atoms with E-state index in [-0.39, 0.29) is 0 Å². The molecule has 0 fully saturated rings. The van der Waals surface area contributed by atoms with Gasteiger partial charge in [-0.1, -0.05) is 66.7 Å². The van der Waals surface area contributed by atoms with Crippen molar-refractivity contribution in [2.75, 3.05) is 0 Å². The second kappa shape index (κ2) is 11.3. The summed E-state index contributed by atoms with van der Waals surface area (Å²) < 4.78 is 38.0. The minimum atomic E-state index is -4.69. The zero-order valence-electron chi connectivity index (χ0n) is 26.3. The van der Waals surface area contributed by atoms with Crippen LogP contribution in [0.25, 0.3) is 33.5 Å². The summed E-state index contributed by atoms with van der Waals surface area (Å²) in [4.78, 5) is 11.6. The first-order valence-corrected chi connectivity index (χ1v) is 17.5. The third-order valence-corrected chi connectivity index (χ3v) is 10.8. The van der Waals surface area contributed by atoms with Gasteiger partial charge in [-0.25, -0.2) is 4.57 Å². The molecule has 0 saturated heterocycles. The van der Waals surface area contributed by atoms with Crippen LogP contribution in [0.1, 0.15) is 46.2 Å². The van der Waals surface area contributed by atoms with Gasteiger partial charge in [-0.05, 0) is 107 Å². The van der Waals surface area contributed by atoms with Crippen molar-refractivity contribution in [3.63, 3.8) is 0 Å². The fraction of sp³-hybridized carbons (Fsp3) is 0.189. The fourth-order valence-corrected chi connectivity index (χ4v) is 9.32. The Bertz CT molecular complexity index is 2220. The second-order valence-electron chi connectivity index (χ2n) is 12.4. The Morgan fingerprint density at radius 1 is 0.826 bits per heavy atom. The standard InChI is InChI=1S/C37H35O6P3/c1-20-14-26(15-21(2)34(20)40-44)30-18-24-10-6-8-12-28(24)32-33-29-13-9-7-11-25(29)19-31(27-16-22(3)35(41-45)23(4)17-27)37(33,5)43-46(38,39)42-36(30)32/h6-19,31H,44-45H2,1-5H3,(H,38,39). The SMILES string of the molecule is Cc1cc(-c2cc3ccccc3c3c2OP(=O)(O)OC2(C)C3=c3ccccc3=CC2c2cc(C)c(OP)c(C)c2)cc(C)c1OP. The molecular formula is C37H35O6P3. The molecule has 0 spiro atoms. The zero-order chi connectivity index (χ0) is 32.5. The minimum Gasteiger partial charge on any atom is -0.480 e. The highest BCUT2D eigenvalue weighted by atomic mass is 31.2. The van der Waals surface area contributed by atoms with Gasteiger partial charge in [0.25, 0.3) is 0 Å². The molecule has 2 aliphatic rings. The van der Waals surface area contributed by atoms with Crippen molar-refractivity contribution in [2.24, 2.45) is 0 Å².